The fourth-order valence-corrected chi connectivity index (χ4v) is 3.07. The van der Waals surface area contributed by atoms with Gasteiger partial charge in [-0.1, -0.05) is 23.7 Å². The van der Waals surface area contributed by atoms with E-state index in [-0.39, 0.29) is 5.56 Å². The average molecular weight is 274 g/mol. The van der Waals surface area contributed by atoms with Crippen molar-refractivity contribution < 1.29 is 0 Å². The van der Waals surface area contributed by atoms with Gasteiger partial charge >= 0.3 is 0 Å². The highest BCUT2D eigenvalue weighted by Crippen LogP contribution is 2.23. The first-order valence-corrected chi connectivity index (χ1v) is 7.15. The number of thiazole rings is 1. The van der Waals surface area contributed by atoms with Gasteiger partial charge in [-0.2, -0.15) is 0 Å². The van der Waals surface area contributed by atoms with Gasteiger partial charge in [-0.15, -0.1) is 11.3 Å². The van der Waals surface area contributed by atoms with Crippen LogP contribution in [0, 0.1) is 6.92 Å². The van der Waals surface area contributed by atoms with Gasteiger partial charge in [-0.05, 0) is 19.1 Å². The molecule has 0 amide bonds. The van der Waals surface area contributed by atoms with Crippen molar-refractivity contribution in [3.63, 3.8) is 0 Å². The molecule has 0 aliphatic rings. The number of aromatic nitrogens is 2. The molecule has 3 rings (SSSR count). The first-order chi connectivity index (χ1) is 8.74. The molecular formula is C13H10N2OS2. The lowest BCUT2D eigenvalue weighted by Gasteiger charge is -2.02. The van der Waals surface area contributed by atoms with Crippen LogP contribution >= 0.6 is 22.9 Å². The maximum absolute atomic E-state index is 11.6. The van der Waals surface area contributed by atoms with E-state index in [0.29, 0.717) is 0 Å². The van der Waals surface area contributed by atoms with Crippen molar-refractivity contribution in [3.8, 4) is 16.9 Å². The molecule has 0 fully saturated rings. The number of rotatable bonds is 2. The van der Waals surface area contributed by atoms with E-state index >= 15 is 0 Å². The third-order valence-corrected chi connectivity index (χ3v) is 4.21. The summed E-state index contributed by atoms with van der Waals surface area (Å²) >= 11 is 3.03. The Morgan fingerprint density at radius 2 is 2.17 bits per heavy atom. The molecule has 0 aliphatic carbocycles. The van der Waals surface area contributed by atoms with Gasteiger partial charge in [0.15, 0.2) is 0 Å². The van der Waals surface area contributed by atoms with Crippen molar-refractivity contribution in [2.24, 2.45) is 0 Å². The van der Waals surface area contributed by atoms with Crippen LogP contribution in [0.25, 0.3) is 16.9 Å². The van der Waals surface area contributed by atoms with Gasteiger partial charge in [0.2, 0.25) is 0 Å². The Morgan fingerprint density at radius 1 is 1.28 bits per heavy atom. The number of hydrogen-bond donors (Lipinski definition) is 0. The highest BCUT2D eigenvalue weighted by molar-refractivity contribution is 7.09. The number of aryl methyl sites for hydroxylation is 1. The molecule has 18 heavy (non-hydrogen) atoms. The van der Waals surface area contributed by atoms with E-state index in [9.17, 15) is 4.79 Å². The van der Waals surface area contributed by atoms with Gasteiger partial charge < -0.3 is 0 Å². The lowest BCUT2D eigenvalue weighted by Crippen LogP contribution is -2.09. The van der Waals surface area contributed by atoms with E-state index in [4.69, 9.17) is 0 Å². The Hall–Kier alpha value is -1.72. The van der Waals surface area contributed by atoms with E-state index in [1.165, 1.54) is 11.5 Å². The van der Waals surface area contributed by atoms with Crippen molar-refractivity contribution >= 4 is 22.9 Å². The van der Waals surface area contributed by atoms with Crippen LogP contribution in [0.1, 0.15) is 5.01 Å². The molecule has 0 aliphatic heterocycles. The lowest BCUT2D eigenvalue weighted by atomic mass is 10.1. The normalized spacial score (nSPS) is 10.7. The summed E-state index contributed by atoms with van der Waals surface area (Å²) in [5, 5.41) is 4.87. The Labute approximate surface area is 112 Å². The standard InChI is InChI=1S/C13H10N2OS2/c1-9-14-12(8-17-9)10-3-2-4-11(7-10)15-13(16)5-6-18-15/h2-8H,1H3. The van der Waals surface area contributed by atoms with Gasteiger partial charge in [-0.25, -0.2) is 8.94 Å². The second-order valence-corrected chi connectivity index (χ2v) is 5.75. The SMILES string of the molecule is Cc1nc(-c2cccc(-n3sccc3=O)c2)cs1. The minimum Gasteiger partial charge on any atom is -0.268 e. The topological polar surface area (TPSA) is 34.9 Å². The summed E-state index contributed by atoms with van der Waals surface area (Å²) < 4.78 is 1.67. The van der Waals surface area contributed by atoms with E-state index in [2.05, 4.69) is 4.98 Å². The van der Waals surface area contributed by atoms with Crippen LogP contribution in [0.5, 0.6) is 0 Å². The van der Waals surface area contributed by atoms with E-state index in [1.54, 1.807) is 26.7 Å². The zero-order valence-electron chi connectivity index (χ0n) is 9.66. The van der Waals surface area contributed by atoms with Crippen molar-refractivity contribution in [3.05, 3.63) is 56.5 Å². The summed E-state index contributed by atoms with van der Waals surface area (Å²) in [6, 6.07) is 9.46. The van der Waals surface area contributed by atoms with Gasteiger partial charge in [-0.3, -0.25) is 4.79 Å². The lowest BCUT2D eigenvalue weighted by molar-refractivity contribution is 1.13. The van der Waals surface area contributed by atoms with Gasteiger partial charge in [0.1, 0.15) is 0 Å². The fourth-order valence-electron chi connectivity index (χ4n) is 1.74. The smallest absolute Gasteiger partial charge is 0.265 e. The molecule has 0 saturated heterocycles. The predicted molar refractivity (Wildman–Crippen MR) is 75.8 cm³/mol. The molecule has 1 aromatic carbocycles. The molecule has 0 spiro atoms. The molecule has 0 atom stereocenters. The van der Waals surface area contributed by atoms with Crippen LogP contribution in [-0.4, -0.2) is 8.94 Å². The summed E-state index contributed by atoms with van der Waals surface area (Å²) in [5.74, 6) is 0. The monoisotopic (exact) mass is 274 g/mol. The van der Waals surface area contributed by atoms with Crippen molar-refractivity contribution in [1.29, 1.82) is 0 Å². The maximum Gasteiger partial charge on any atom is 0.265 e. The summed E-state index contributed by atoms with van der Waals surface area (Å²) in [6.45, 7) is 1.99. The minimum atomic E-state index is 0.00612. The summed E-state index contributed by atoms with van der Waals surface area (Å²) in [7, 11) is 0. The number of nitrogens with zero attached hydrogens (tertiary/aromatic N) is 2. The largest absolute Gasteiger partial charge is 0.268 e. The summed E-state index contributed by atoms with van der Waals surface area (Å²) in [4.78, 5) is 16.1. The minimum absolute atomic E-state index is 0.00612. The quantitative estimate of drug-likeness (QED) is 0.718. The van der Waals surface area contributed by atoms with Gasteiger partial charge in [0.25, 0.3) is 5.56 Å². The Kier molecular flexibility index (Phi) is 2.85. The van der Waals surface area contributed by atoms with E-state index < -0.39 is 0 Å². The summed E-state index contributed by atoms with van der Waals surface area (Å²) in [5.41, 5.74) is 2.89. The van der Waals surface area contributed by atoms with Gasteiger partial charge in [0.05, 0.1) is 16.4 Å². The third-order valence-electron chi connectivity index (χ3n) is 2.57. The third kappa shape index (κ3) is 2.02. The number of hydrogen-bond acceptors (Lipinski definition) is 4. The highest BCUT2D eigenvalue weighted by Gasteiger charge is 2.05. The van der Waals surface area contributed by atoms with Gasteiger partial charge in [0, 0.05) is 22.4 Å². The molecule has 3 nitrogen and oxygen atoms in total. The van der Waals surface area contributed by atoms with E-state index in [0.717, 1.165) is 22.0 Å². The molecule has 2 aromatic heterocycles. The zero-order chi connectivity index (χ0) is 12.5. The summed E-state index contributed by atoms with van der Waals surface area (Å²) in [6.07, 6.45) is 0. The van der Waals surface area contributed by atoms with Crippen molar-refractivity contribution in [2.75, 3.05) is 0 Å². The number of benzene rings is 1. The first kappa shape index (κ1) is 11.4. The zero-order valence-corrected chi connectivity index (χ0v) is 11.3. The molecule has 90 valence electrons. The molecule has 0 bridgehead atoms. The second-order valence-electron chi connectivity index (χ2n) is 3.84. The Balaban J connectivity index is 2.10. The predicted octanol–water partition coefficient (Wildman–Crippen LogP) is 3.33. The maximum atomic E-state index is 11.6. The molecule has 0 radical (unpaired) electrons. The van der Waals surface area contributed by atoms with Crippen LogP contribution in [0.15, 0.2) is 45.9 Å². The van der Waals surface area contributed by atoms with Crippen molar-refractivity contribution in [2.45, 2.75) is 6.92 Å². The molecule has 5 heteroatoms. The van der Waals surface area contributed by atoms with Crippen LogP contribution in [0.2, 0.25) is 0 Å². The van der Waals surface area contributed by atoms with Crippen LogP contribution < -0.4 is 5.56 Å². The first-order valence-electron chi connectivity index (χ1n) is 5.44. The molecule has 0 N–H and O–H groups in total. The van der Waals surface area contributed by atoms with Crippen LogP contribution in [-0.2, 0) is 0 Å². The molecule has 3 aromatic rings. The Bertz CT molecular complexity index is 739. The van der Waals surface area contributed by atoms with Crippen molar-refractivity contribution in [1.82, 2.24) is 8.94 Å². The molecule has 2 heterocycles. The van der Waals surface area contributed by atoms with Crippen LogP contribution in [0.4, 0.5) is 0 Å². The molecule has 0 unspecified atom stereocenters. The average Bonchev–Trinajstić information content (AvgIpc) is 2.98. The fraction of sp³-hybridized carbons (Fsp3) is 0.0769. The molecular weight excluding hydrogens is 264 g/mol. The Morgan fingerprint density at radius 3 is 2.83 bits per heavy atom. The molecule has 0 saturated carbocycles. The highest BCUT2D eigenvalue weighted by atomic mass is 32.1. The van der Waals surface area contributed by atoms with E-state index in [1.807, 2.05) is 36.6 Å². The van der Waals surface area contributed by atoms with Crippen LogP contribution in [0.3, 0.4) is 0 Å². The second kappa shape index (κ2) is 4.51.